The Labute approximate surface area is 176 Å². The van der Waals surface area contributed by atoms with Crippen molar-refractivity contribution < 1.29 is 4.79 Å². The van der Waals surface area contributed by atoms with Crippen LogP contribution in [0, 0.1) is 20.8 Å². The Morgan fingerprint density at radius 1 is 1.03 bits per heavy atom. The van der Waals surface area contributed by atoms with Crippen LogP contribution in [0.15, 0.2) is 30.6 Å². The molecule has 3 aromatic heterocycles. The van der Waals surface area contributed by atoms with E-state index in [1.165, 1.54) is 21.8 Å². The van der Waals surface area contributed by atoms with Gasteiger partial charge in [-0.3, -0.25) is 4.79 Å². The minimum Gasteiger partial charge on any atom is -0.369 e. The molecule has 0 atom stereocenters. The highest BCUT2D eigenvalue weighted by molar-refractivity contribution is 7.19. The van der Waals surface area contributed by atoms with Crippen LogP contribution in [0.1, 0.15) is 21.9 Å². The van der Waals surface area contributed by atoms with Gasteiger partial charge in [-0.25, -0.2) is 9.97 Å². The van der Waals surface area contributed by atoms with Crippen molar-refractivity contribution in [3.8, 4) is 11.1 Å². The molecule has 0 saturated carbocycles. The SMILES string of the molecule is Cc1ccc(-c2c(C)sc3ncnc(NCCC(=O)Nc4nnc(C)s4)c23)cc1. The van der Waals surface area contributed by atoms with Gasteiger partial charge in [-0.2, -0.15) is 0 Å². The van der Waals surface area contributed by atoms with Crippen molar-refractivity contribution in [2.45, 2.75) is 27.2 Å². The fraction of sp³-hybridized carbons (Fsp3) is 0.250. The predicted octanol–water partition coefficient (Wildman–Crippen LogP) is 4.58. The Balaban J connectivity index is 1.53. The van der Waals surface area contributed by atoms with Gasteiger partial charge in [0.1, 0.15) is 22.0 Å². The summed E-state index contributed by atoms with van der Waals surface area (Å²) in [5, 5.41) is 16.2. The molecule has 3 heterocycles. The Bertz CT molecular complexity index is 1170. The average Bonchev–Trinajstić information content (AvgIpc) is 3.25. The summed E-state index contributed by atoms with van der Waals surface area (Å²) in [7, 11) is 0. The normalized spacial score (nSPS) is 11.0. The number of carbonyl (C=O) groups excluding carboxylic acids is 1. The smallest absolute Gasteiger partial charge is 0.227 e. The lowest BCUT2D eigenvalue weighted by Crippen LogP contribution is -2.16. The summed E-state index contributed by atoms with van der Waals surface area (Å²) < 4.78 is 0. The number of nitrogens with one attached hydrogen (secondary N) is 2. The molecule has 0 bridgehead atoms. The van der Waals surface area contributed by atoms with Crippen LogP contribution in [0.5, 0.6) is 0 Å². The number of thiophene rings is 1. The molecule has 0 radical (unpaired) electrons. The topological polar surface area (TPSA) is 92.7 Å². The molecule has 0 aliphatic carbocycles. The number of aromatic nitrogens is 4. The van der Waals surface area contributed by atoms with Gasteiger partial charge in [0, 0.05) is 23.4 Å². The van der Waals surface area contributed by atoms with Crippen LogP contribution >= 0.6 is 22.7 Å². The summed E-state index contributed by atoms with van der Waals surface area (Å²) in [5.41, 5.74) is 3.50. The van der Waals surface area contributed by atoms with Gasteiger partial charge >= 0.3 is 0 Å². The summed E-state index contributed by atoms with van der Waals surface area (Å²) >= 11 is 3.01. The Morgan fingerprint density at radius 3 is 2.55 bits per heavy atom. The number of hydrogen-bond acceptors (Lipinski definition) is 8. The van der Waals surface area contributed by atoms with Crippen LogP contribution < -0.4 is 10.6 Å². The molecule has 1 aromatic carbocycles. The number of rotatable bonds is 6. The molecule has 29 heavy (non-hydrogen) atoms. The standard InChI is InChI=1S/C20H20N6OS2/c1-11-4-6-14(7-5-11)16-12(2)28-19-17(16)18(22-10-23-19)21-9-8-15(27)24-20-26-25-13(3)29-20/h4-7,10H,8-9H2,1-3H3,(H,21,22,23)(H,24,26,27). The van der Waals surface area contributed by atoms with Crippen LogP contribution in [-0.4, -0.2) is 32.6 Å². The number of anilines is 2. The lowest BCUT2D eigenvalue weighted by atomic mass is 10.0. The number of benzene rings is 1. The number of hydrogen-bond donors (Lipinski definition) is 2. The molecule has 0 spiro atoms. The quantitative estimate of drug-likeness (QED) is 0.471. The third-order valence-corrected chi connectivity index (χ3v) is 6.19. The summed E-state index contributed by atoms with van der Waals surface area (Å²) in [6, 6.07) is 8.46. The van der Waals surface area contributed by atoms with Crippen LogP contribution in [0.2, 0.25) is 0 Å². The van der Waals surface area contributed by atoms with Crippen LogP contribution in [-0.2, 0) is 4.79 Å². The lowest BCUT2D eigenvalue weighted by Gasteiger charge is -2.09. The third kappa shape index (κ3) is 4.25. The number of carbonyl (C=O) groups is 1. The van der Waals surface area contributed by atoms with Crippen molar-refractivity contribution in [2.75, 3.05) is 17.2 Å². The van der Waals surface area contributed by atoms with Crippen molar-refractivity contribution in [1.82, 2.24) is 20.2 Å². The summed E-state index contributed by atoms with van der Waals surface area (Å²) in [5.74, 6) is 0.633. The highest BCUT2D eigenvalue weighted by Gasteiger charge is 2.17. The van der Waals surface area contributed by atoms with E-state index in [9.17, 15) is 4.79 Å². The van der Waals surface area contributed by atoms with E-state index in [0.29, 0.717) is 18.1 Å². The number of nitrogens with zero attached hydrogens (tertiary/aromatic N) is 4. The zero-order valence-electron chi connectivity index (χ0n) is 16.3. The molecule has 0 unspecified atom stereocenters. The van der Waals surface area contributed by atoms with Gasteiger partial charge in [0.25, 0.3) is 0 Å². The first-order valence-electron chi connectivity index (χ1n) is 9.16. The van der Waals surface area contributed by atoms with E-state index in [2.05, 4.69) is 68.9 Å². The van der Waals surface area contributed by atoms with E-state index in [-0.39, 0.29) is 5.91 Å². The average molecular weight is 425 g/mol. The van der Waals surface area contributed by atoms with Gasteiger partial charge in [0.15, 0.2) is 0 Å². The van der Waals surface area contributed by atoms with Gasteiger partial charge in [-0.05, 0) is 26.3 Å². The first-order valence-corrected chi connectivity index (χ1v) is 10.8. The maximum atomic E-state index is 12.2. The second-order valence-corrected chi connectivity index (χ2v) is 9.04. The summed E-state index contributed by atoms with van der Waals surface area (Å²) in [6.45, 7) is 6.48. The third-order valence-electron chi connectivity index (χ3n) is 4.42. The molecule has 4 rings (SSSR count). The van der Waals surface area contributed by atoms with Gasteiger partial charge in [-0.15, -0.1) is 21.5 Å². The van der Waals surface area contributed by atoms with Crippen LogP contribution in [0.4, 0.5) is 10.9 Å². The van der Waals surface area contributed by atoms with Gasteiger partial charge < -0.3 is 10.6 Å². The van der Waals surface area contributed by atoms with E-state index in [1.54, 1.807) is 17.7 Å². The molecule has 0 fully saturated rings. The number of fused-ring (bicyclic) bond motifs is 1. The molecular weight excluding hydrogens is 404 g/mol. The summed E-state index contributed by atoms with van der Waals surface area (Å²) in [6.07, 6.45) is 1.86. The maximum Gasteiger partial charge on any atom is 0.227 e. The van der Waals surface area contributed by atoms with E-state index in [4.69, 9.17) is 0 Å². The highest BCUT2D eigenvalue weighted by atomic mass is 32.1. The zero-order chi connectivity index (χ0) is 20.4. The Morgan fingerprint density at radius 2 is 1.83 bits per heavy atom. The molecule has 0 aliphatic heterocycles. The summed E-state index contributed by atoms with van der Waals surface area (Å²) in [4.78, 5) is 23.2. The van der Waals surface area contributed by atoms with Crippen molar-refractivity contribution in [3.05, 3.63) is 46.0 Å². The molecule has 1 amide bonds. The van der Waals surface area contributed by atoms with Crippen molar-refractivity contribution in [3.63, 3.8) is 0 Å². The highest BCUT2D eigenvalue weighted by Crippen LogP contribution is 2.40. The van der Waals surface area contributed by atoms with Gasteiger partial charge in [-0.1, -0.05) is 41.2 Å². The minimum atomic E-state index is -0.112. The lowest BCUT2D eigenvalue weighted by molar-refractivity contribution is -0.115. The monoisotopic (exact) mass is 424 g/mol. The number of aryl methyl sites for hydroxylation is 3. The fourth-order valence-corrected chi connectivity index (χ4v) is 4.69. The second kappa shape index (κ2) is 8.22. The van der Waals surface area contributed by atoms with E-state index >= 15 is 0 Å². The van der Waals surface area contributed by atoms with E-state index in [0.717, 1.165) is 32.2 Å². The van der Waals surface area contributed by atoms with E-state index < -0.39 is 0 Å². The molecule has 0 saturated heterocycles. The largest absolute Gasteiger partial charge is 0.369 e. The minimum absolute atomic E-state index is 0.112. The predicted molar refractivity (Wildman–Crippen MR) is 119 cm³/mol. The van der Waals surface area contributed by atoms with E-state index in [1.807, 2.05) is 6.92 Å². The Hall–Kier alpha value is -2.91. The molecule has 148 valence electrons. The van der Waals surface area contributed by atoms with Crippen molar-refractivity contribution >= 4 is 49.7 Å². The molecule has 2 N–H and O–H groups in total. The zero-order valence-corrected chi connectivity index (χ0v) is 17.9. The second-order valence-electron chi connectivity index (χ2n) is 6.65. The van der Waals surface area contributed by atoms with Crippen LogP contribution in [0.25, 0.3) is 21.3 Å². The molecular formula is C20H20N6OS2. The van der Waals surface area contributed by atoms with Gasteiger partial charge in [0.2, 0.25) is 11.0 Å². The van der Waals surface area contributed by atoms with Gasteiger partial charge in [0.05, 0.1) is 5.39 Å². The molecule has 4 aromatic rings. The number of amides is 1. The maximum absolute atomic E-state index is 12.2. The first kappa shape index (κ1) is 19.4. The fourth-order valence-electron chi connectivity index (χ4n) is 3.07. The molecule has 0 aliphatic rings. The van der Waals surface area contributed by atoms with Crippen LogP contribution in [0.3, 0.4) is 0 Å². The molecule has 9 heteroatoms. The molecule has 7 nitrogen and oxygen atoms in total. The first-order chi connectivity index (χ1) is 14.0. The van der Waals surface area contributed by atoms with Crippen molar-refractivity contribution in [1.29, 1.82) is 0 Å². The Kier molecular flexibility index (Phi) is 5.50. The van der Waals surface area contributed by atoms with Crippen molar-refractivity contribution in [2.24, 2.45) is 0 Å².